The van der Waals surface area contributed by atoms with E-state index in [1.807, 2.05) is 0 Å². The van der Waals surface area contributed by atoms with Crippen molar-refractivity contribution in [1.82, 2.24) is 5.32 Å². The van der Waals surface area contributed by atoms with Gasteiger partial charge in [0, 0.05) is 11.1 Å². The van der Waals surface area contributed by atoms with Crippen molar-refractivity contribution in [3.05, 3.63) is 71.8 Å². The first-order chi connectivity index (χ1) is 14.0. The van der Waals surface area contributed by atoms with Crippen molar-refractivity contribution in [2.24, 2.45) is 0 Å². The first kappa shape index (κ1) is 21.0. The van der Waals surface area contributed by atoms with Crippen LogP contribution in [0, 0.1) is 0 Å². The number of esters is 2. The zero-order chi connectivity index (χ0) is 20.6. The number of ketones is 1. The average molecular weight is 411 g/mol. The number of hydrogen-bond acceptors (Lipinski definition) is 7. The van der Waals surface area contributed by atoms with E-state index in [0.717, 1.165) is 18.2 Å². The van der Waals surface area contributed by atoms with Crippen LogP contribution in [0.4, 0.5) is 0 Å². The number of benzene rings is 2. The normalized spacial score (nSPS) is 16.8. The van der Waals surface area contributed by atoms with E-state index in [1.165, 1.54) is 0 Å². The van der Waals surface area contributed by atoms with E-state index < -0.39 is 23.2 Å². The van der Waals surface area contributed by atoms with Crippen LogP contribution in [-0.2, 0) is 14.3 Å². The summed E-state index contributed by atoms with van der Waals surface area (Å²) in [5.74, 6) is -1.81. The van der Waals surface area contributed by atoms with E-state index in [2.05, 4.69) is 5.32 Å². The third-order valence-electron chi connectivity index (χ3n) is 4.52. The molecule has 1 N–H and O–H groups in total. The van der Waals surface area contributed by atoms with Crippen LogP contribution < -0.4 is 5.32 Å². The molecule has 0 bridgehead atoms. The van der Waals surface area contributed by atoms with Gasteiger partial charge in [0.1, 0.15) is 6.04 Å². The number of Topliss-reactive ketones (excluding diaryl/α,β-unsaturated/α-hetero) is 1. The van der Waals surface area contributed by atoms with Gasteiger partial charge in [-0.05, 0) is 19.4 Å². The van der Waals surface area contributed by atoms with Crippen LogP contribution in [0.2, 0.25) is 0 Å². The Morgan fingerprint density at radius 1 is 0.966 bits per heavy atom. The van der Waals surface area contributed by atoms with Crippen LogP contribution in [0.3, 0.4) is 0 Å². The molecule has 1 heterocycles. The summed E-state index contributed by atoms with van der Waals surface area (Å²) in [6, 6.07) is 16.5. The highest BCUT2D eigenvalue weighted by molar-refractivity contribution is 8.15. The Bertz CT molecular complexity index is 879. The molecule has 2 aromatic carbocycles. The van der Waals surface area contributed by atoms with Gasteiger partial charge < -0.3 is 10.1 Å². The lowest BCUT2D eigenvalue weighted by Gasteiger charge is -2.15. The second-order valence-electron chi connectivity index (χ2n) is 6.64. The first-order valence-electron chi connectivity index (χ1n) is 9.38. The molecular formula is C22H21NO5S. The molecule has 29 heavy (non-hydrogen) atoms. The predicted octanol–water partition coefficient (Wildman–Crippen LogP) is 3.02. The summed E-state index contributed by atoms with van der Waals surface area (Å²) in [6.45, 7) is 0.699. The maximum absolute atomic E-state index is 12.9. The van der Waals surface area contributed by atoms with Crippen LogP contribution in [0.25, 0.3) is 0 Å². The number of ether oxygens (including phenoxy) is 1. The molecule has 2 atom stereocenters. The SMILES string of the molecule is O=C(CC(SC(=O)c1ccccc1)C(=O)c1ccccc1)OC(=O)[C@@H]1CCCN1. The van der Waals surface area contributed by atoms with E-state index in [1.54, 1.807) is 60.7 Å². The molecule has 1 unspecified atom stereocenters. The zero-order valence-corrected chi connectivity index (χ0v) is 16.5. The van der Waals surface area contributed by atoms with Gasteiger partial charge >= 0.3 is 11.9 Å². The Morgan fingerprint density at radius 2 is 1.59 bits per heavy atom. The second kappa shape index (κ2) is 10.1. The minimum Gasteiger partial charge on any atom is -0.392 e. The zero-order valence-electron chi connectivity index (χ0n) is 15.7. The lowest BCUT2D eigenvalue weighted by molar-refractivity contribution is -0.160. The fourth-order valence-corrected chi connectivity index (χ4v) is 4.00. The third kappa shape index (κ3) is 5.85. The Labute approximate surface area is 173 Å². The molecule has 1 aliphatic rings. The molecule has 0 aliphatic carbocycles. The standard InChI is InChI=1S/C22H21NO5S/c24-19(28-21(26)17-12-7-13-23-17)14-18(20(25)15-8-3-1-4-9-15)29-22(27)16-10-5-2-6-11-16/h1-6,8-11,17-18,23H,7,12-14H2/t17-,18?/m0/s1. The Hall–Kier alpha value is -2.77. The van der Waals surface area contributed by atoms with E-state index in [9.17, 15) is 19.2 Å². The van der Waals surface area contributed by atoms with Crippen molar-refractivity contribution < 1.29 is 23.9 Å². The maximum Gasteiger partial charge on any atom is 0.330 e. The van der Waals surface area contributed by atoms with Gasteiger partial charge in [-0.15, -0.1) is 0 Å². The lowest BCUT2D eigenvalue weighted by Crippen LogP contribution is -2.35. The highest BCUT2D eigenvalue weighted by atomic mass is 32.2. The minimum absolute atomic E-state index is 0.323. The molecular weight excluding hydrogens is 390 g/mol. The maximum atomic E-state index is 12.9. The first-order valence-corrected chi connectivity index (χ1v) is 10.3. The molecule has 0 aromatic heterocycles. The van der Waals surface area contributed by atoms with Gasteiger partial charge in [0.05, 0.1) is 11.7 Å². The Kier molecular flexibility index (Phi) is 7.32. The highest BCUT2D eigenvalue weighted by Gasteiger charge is 2.31. The fourth-order valence-electron chi connectivity index (χ4n) is 3.01. The van der Waals surface area contributed by atoms with Crippen LogP contribution in [0.1, 0.15) is 40.0 Å². The van der Waals surface area contributed by atoms with Crippen molar-refractivity contribution >= 4 is 34.6 Å². The van der Waals surface area contributed by atoms with Crippen molar-refractivity contribution in [3.8, 4) is 0 Å². The molecule has 1 fully saturated rings. The summed E-state index contributed by atoms with van der Waals surface area (Å²) in [6.07, 6.45) is 1.08. The lowest BCUT2D eigenvalue weighted by atomic mass is 10.1. The van der Waals surface area contributed by atoms with Crippen molar-refractivity contribution in [1.29, 1.82) is 0 Å². The van der Waals surface area contributed by atoms with Gasteiger partial charge in [0.25, 0.3) is 0 Å². The number of thioether (sulfide) groups is 1. The van der Waals surface area contributed by atoms with Gasteiger partial charge in [-0.2, -0.15) is 0 Å². The summed E-state index contributed by atoms with van der Waals surface area (Å²) in [5, 5.41) is 1.66. The highest BCUT2D eigenvalue weighted by Crippen LogP contribution is 2.25. The largest absolute Gasteiger partial charge is 0.392 e. The smallest absolute Gasteiger partial charge is 0.330 e. The van der Waals surface area contributed by atoms with Crippen LogP contribution in [-0.4, -0.2) is 40.7 Å². The monoisotopic (exact) mass is 411 g/mol. The molecule has 150 valence electrons. The number of carbonyl (C=O) groups excluding carboxylic acids is 4. The topological polar surface area (TPSA) is 89.5 Å². The summed E-state index contributed by atoms with van der Waals surface area (Å²) < 4.78 is 4.92. The molecule has 6 nitrogen and oxygen atoms in total. The molecule has 0 spiro atoms. The Morgan fingerprint density at radius 3 is 2.17 bits per heavy atom. The number of carbonyl (C=O) groups is 4. The van der Waals surface area contributed by atoms with Gasteiger partial charge in [-0.3, -0.25) is 14.4 Å². The number of rotatable bonds is 7. The quantitative estimate of drug-likeness (QED) is 0.425. The van der Waals surface area contributed by atoms with E-state index >= 15 is 0 Å². The van der Waals surface area contributed by atoms with E-state index in [4.69, 9.17) is 4.74 Å². The molecule has 1 aliphatic heterocycles. The molecule has 7 heteroatoms. The average Bonchev–Trinajstić information content (AvgIpc) is 3.29. The summed E-state index contributed by atoms with van der Waals surface area (Å²) >= 11 is 0.772. The van der Waals surface area contributed by atoms with Gasteiger partial charge in [-0.1, -0.05) is 72.4 Å². The molecule has 0 radical (unpaired) electrons. The van der Waals surface area contributed by atoms with Crippen molar-refractivity contribution in [2.45, 2.75) is 30.6 Å². The predicted molar refractivity (Wildman–Crippen MR) is 110 cm³/mol. The van der Waals surface area contributed by atoms with Crippen molar-refractivity contribution in [2.75, 3.05) is 6.54 Å². The van der Waals surface area contributed by atoms with Crippen LogP contribution in [0.5, 0.6) is 0 Å². The summed E-state index contributed by atoms with van der Waals surface area (Å²) in [7, 11) is 0. The molecule has 0 saturated carbocycles. The molecule has 1 saturated heterocycles. The molecule has 0 amide bonds. The van der Waals surface area contributed by atoms with E-state index in [-0.39, 0.29) is 17.3 Å². The summed E-state index contributed by atoms with van der Waals surface area (Å²) in [5.41, 5.74) is 0.824. The van der Waals surface area contributed by atoms with Crippen LogP contribution in [0.15, 0.2) is 60.7 Å². The fraction of sp³-hybridized carbons (Fsp3) is 0.273. The second-order valence-corrected chi connectivity index (χ2v) is 7.81. The van der Waals surface area contributed by atoms with Crippen molar-refractivity contribution in [3.63, 3.8) is 0 Å². The summed E-state index contributed by atoms with van der Waals surface area (Å²) in [4.78, 5) is 49.9. The Balaban J connectivity index is 1.71. The number of nitrogens with one attached hydrogen (secondary N) is 1. The third-order valence-corrected chi connectivity index (χ3v) is 5.64. The molecule has 2 aromatic rings. The minimum atomic E-state index is -0.984. The van der Waals surface area contributed by atoms with Gasteiger partial charge in [-0.25, -0.2) is 4.79 Å². The van der Waals surface area contributed by atoms with Gasteiger partial charge in [0.2, 0.25) is 5.12 Å². The molecule has 3 rings (SSSR count). The number of hydrogen-bond donors (Lipinski definition) is 1. The van der Waals surface area contributed by atoms with E-state index in [0.29, 0.717) is 24.1 Å². The van der Waals surface area contributed by atoms with Gasteiger partial charge in [0.15, 0.2) is 5.78 Å². The van der Waals surface area contributed by atoms with Crippen LogP contribution >= 0.6 is 11.8 Å².